The topological polar surface area (TPSA) is 37.0 Å². The number of nitrogens with zero attached hydrogens (tertiary/aromatic N) is 1. The molecule has 0 amide bonds. The lowest BCUT2D eigenvalue weighted by molar-refractivity contribution is 0.350. The summed E-state index contributed by atoms with van der Waals surface area (Å²) >= 11 is 1.75. The van der Waals surface area contributed by atoms with Gasteiger partial charge in [-0.2, -0.15) is 11.3 Å². The molecule has 0 radical (unpaired) electrons. The third kappa shape index (κ3) is 4.05. The number of pyridine rings is 1. The third-order valence-electron chi connectivity index (χ3n) is 5.18. The van der Waals surface area contributed by atoms with E-state index in [1.54, 1.807) is 23.5 Å². The van der Waals surface area contributed by atoms with Crippen LogP contribution in [-0.2, 0) is 6.54 Å². The summed E-state index contributed by atoms with van der Waals surface area (Å²) in [6, 6.07) is 9.97. The quantitative estimate of drug-likeness (QED) is 0.644. The molecule has 1 fully saturated rings. The minimum absolute atomic E-state index is 0.213. The number of rotatable bonds is 5. The van der Waals surface area contributed by atoms with Crippen molar-refractivity contribution in [3.05, 3.63) is 58.0 Å². The van der Waals surface area contributed by atoms with E-state index in [4.69, 9.17) is 0 Å². The van der Waals surface area contributed by atoms with Gasteiger partial charge in [-0.15, -0.1) is 0 Å². The molecule has 1 saturated carbocycles. The lowest BCUT2D eigenvalue weighted by Crippen LogP contribution is -2.38. The standard InChI is InChI=1S/C21H24FN3S/c1-14-9-21(25-20-6-5-16(22)10-19(14)20)24-18-4-2-3-17(11-18)23-12-15-7-8-26-13-15/h5-10,13,17-18,23H,2-4,11-12H2,1H3,(H,24,25)/t17-,18-/m0/s1. The molecule has 0 unspecified atom stereocenters. The Hall–Kier alpha value is -1.98. The average Bonchev–Trinajstić information content (AvgIpc) is 3.15. The summed E-state index contributed by atoms with van der Waals surface area (Å²) in [7, 11) is 0. The van der Waals surface area contributed by atoms with Crippen LogP contribution in [0.5, 0.6) is 0 Å². The van der Waals surface area contributed by atoms with Gasteiger partial charge in [0, 0.05) is 24.0 Å². The molecule has 3 nitrogen and oxygen atoms in total. The molecule has 2 heterocycles. The summed E-state index contributed by atoms with van der Waals surface area (Å²) in [6.07, 6.45) is 4.72. The van der Waals surface area contributed by atoms with Gasteiger partial charge in [-0.25, -0.2) is 9.37 Å². The van der Waals surface area contributed by atoms with Crippen molar-refractivity contribution < 1.29 is 4.39 Å². The number of anilines is 1. The van der Waals surface area contributed by atoms with E-state index in [1.165, 1.54) is 30.9 Å². The lowest BCUT2D eigenvalue weighted by atomic mass is 9.91. The summed E-state index contributed by atoms with van der Waals surface area (Å²) in [6.45, 7) is 2.96. The first-order valence-electron chi connectivity index (χ1n) is 9.25. The molecule has 2 aromatic heterocycles. The SMILES string of the molecule is Cc1cc(N[C@H]2CCC[C@H](NCc3ccsc3)C2)nc2ccc(F)cc12. The van der Waals surface area contributed by atoms with Gasteiger partial charge in [0.15, 0.2) is 0 Å². The van der Waals surface area contributed by atoms with E-state index >= 15 is 0 Å². The van der Waals surface area contributed by atoms with Gasteiger partial charge in [-0.3, -0.25) is 0 Å². The number of benzene rings is 1. The van der Waals surface area contributed by atoms with Gasteiger partial charge < -0.3 is 10.6 Å². The molecule has 0 saturated heterocycles. The minimum atomic E-state index is -0.213. The highest BCUT2D eigenvalue weighted by Gasteiger charge is 2.22. The average molecular weight is 370 g/mol. The van der Waals surface area contributed by atoms with Crippen molar-refractivity contribution in [2.24, 2.45) is 0 Å². The van der Waals surface area contributed by atoms with Crippen LogP contribution >= 0.6 is 11.3 Å². The Morgan fingerprint density at radius 3 is 2.92 bits per heavy atom. The number of nitrogens with one attached hydrogen (secondary N) is 2. The van der Waals surface area contributed by atoms with E-state index < -0.39 is 0 Å². The molecular weight excluding hydrogens is 345 g/mol. The van der Waals surface area contributed by atoms with Crippen molar-refractivity contribution in [2.75, 3.05) is 5.32 Å². The fraction of sp³-hybridized carbons (Fsp3) is 0.381. The molecule has 0 bridgehead atoms. The fourth-order valence-electron chi connectivity index (χ4n) is 3.81. The number of hydrogen-bond donors (Lipinski definition) is 2. The normalized spacial score (nSPS) is 20.4. The van der Waals surface area contributed by atoms with E-state index in [0.29, 0.717) is 12.1 Å². The second kappa shape index (κ2) is 7.72. The molecule has 1 aliphatic rings. The molecule has 26 heavy (non-hydrogen) atoms. The van der Waals surface area contributed by atoms with E-state index in [-0.39, 0.29) is 5.82 Å². The van der Waals surface area contributed by atoms with Crippen molar-refractivity contribution in [3.63, 3.8) is 0 Å². The number of fused-ring (bicyclic) bond motifs is 1. The smallest absolute Gasteiger partial charge is 0.127 e. The zero-order valence-corrected chi connectivity index (χ0v) is 15.8. The molecule has 1 aromatic carbocycles. The molecule has 1 aliphatic carbocycles. The van der Waals surface area contributed by atoms with E-state index in [2.05, 4.69) is 32.4 Å². The maximum absolute atomic E-state index is 13.5. The Morgan fingerprint density at radius 2 is 2.08 bits per heavy atom. The Morgan fingerprint density at radius 1 is 1.19 bits per heavy atom. The van der Waals surface area contributed by atoms with Crippen LogP contribution in [0.4, 0.5) is 10.2 Å². The van der Waals surface area contributed by atoms with Gasteiger partial charge in [0.2, 0.25) is 0 Å². The zero-order valence-electron chi connectivity index (χ0n) is 15.0. The van der Waals surface area contributed by atoms with Crippen LogP contribution in [0.1, 0.15) is 36.8 Å². The van der Waals surface area contributed by atoms with Gasteiger partial charge in [0.25, 0.3) is 0 Å². The summed E-state index contributed by atoms with van der Waals surface area (Å²) in [5, 5.41) is 12.5. The predicted octanol–water partition coefficient (Wildman–Crippen LogP) is 5.26. The maximum Gasteiger partial charge on any atom is 0.127 e. The van der Waals surface area contributed by atoms with E-state index in [9.17, 15) is 4.39 Å². The van der Waals surface area contributed by atoms with Gasteiger partial charge in [-0.05, 0) is 84.8 Å². The van der Waals surface area contributed by atoms with Crippen LogP contribution in [0, 0.1) is 12.7 Å². The molecule has 3 aromatic rings. The first-order chi connectivity index (χ1) is 12.7. The molecule has 2 N–H and O–H groups in total. The molecular formula is C21H24FN3S. The van der Waals surface area contributed by atoms with Crippen molar-refractivity contribution in [1.82, 2.24) is 10.3 Å². The molecule has 136 valence electrons. The van der Waals surface area contributed by atoms with Crippen molar-refractivity contribution in [1.29, 1.82) is 0 Å². The van der Waals surface area contributed by atoms with Crippen LogP contribution in [0.15, 0.2) is 41.1 Å². The highest BCUT2D eigenvalue weighted by atomic mass is 32.1. The summed E-state index contributed by atoms with van der Waals surface area (Å²) < 4.78 is 13.5. The third-order valence-corrected chi connectivity index (χ3v) is 5.91. The minimum Gasteiger partial charge on any atom is -0.367 e. The second-order valence-corrected chi connectivity index (χ2v) is 7.98. The first-order valence-corrected chi connectivity index (χ1v) is 10.2. The predicted molar refractivity (Wildman–Crippen MR) is 107 cm³/mol. The highest BCUT2D eigenvalue weighted by molar-refractivity contribution is 7.07. The van der Waals surface area contributed by atoms with Gasteiger partial charge in [-0.1, -0.05) is 0 Å². The Labute approximate surface area is 157 Å². The van der Waals surface area contributed by atoms with Gasteiger partial charge >= 0.3 is 0 Å². The Bertz CT molecular complexity index is 878. The summed E-state index contributed by atoms with van der Waals surface area (Å²) in [4.78, 5) is 4.69. The molecule has 0 aliphatic heterocycles. The van der Waals surface area contributed by atoms with Crippen LogP contribution in [0.3, 0.4) is 0 Å². The second-order valence-electron chi connectivity index (χ2n) is 7.20. The zero-order chi connectivity index (χ0) is 17.9. The van der Waals surface area contributed by atoms with Crippen molar-refractivity contribution >= 4 is 28.1 Å². The molecule has 0 spiro atoms. The van der Waals surface area contributed by atoms with Gasteiger partial charge in [0.1, 0.15) is 11.6 Å². The van der Waals surface area contributed by atoms with Crippen LogP contribution in [-0.4, -0.2) is 17.1 Å². The Balaban J connectivity index is 1.41. The molecule has 5 heteroatoms. The van der Waals surface area contributed by atoms with E-state index in [1.807, 2.05) is 13.0 Å². The largest absolute Gasteiger partial charge is 0.367 e. The number of aromatic nitrogens is 1. The summed E-state index contributed by atoms with van der Waals surface area (Å²) in [5.74, 6) is 0.681. The van der Waals surface area contributed by atoms with Crippen molar-refractivity contribution in [3.8, 4) is 0 Å². The highest BCUT2D eigenvalue weighted by Crippen LogP contribution is 2.25. The number of aryl methyl sites for hydroxylation is 1. The van der Waals surface area contributed by atoms with Crippen LogP contribution in [0.2, 0.25) is 0 Å². The lowest BCUT2D eigenvalue weighted by Gasteiger charge is -2.31. The Kier molecular flexibility index (Phi) is 5.18. The number of thiophene rings is 1. The molecule has 4 rings (SSSR count). The number of hydrogen-bond acceptors (Lipinski definition) is 4. The fourth-order valence-corrected chi connectivity index (χ4v) is 4.48. The monoisotopic (exact) mass is 369 g/mol. The summed E-state index contributed by atoms with van der Waals surface area (Å²) in [5.41, 5.74) is 3.26. The number of halogens is 1. The van der Waals surface area contributed by atoms with E-state index in [0.717, 1.165) is 35.2 Å². The van der Waals surface area contributed by atoms with Crippen molar-refractivity contribution in [2.45, 2.75) is 51.2 Å². The maximum atomic E-state index is 13.5. The first kappa shape index (κ1) is 17.4. The molecule has 2 atom stereocenters. The van der Waals surface area contributed by atoms with Gasteiger partial charge in [0.05, 0.1) is 5.52 Å². The van der Waals surface area contributed by atoms with Crippen LogP contribution < -0.4 is 10.6 Å². The van der Waals surface area contributed by atoms with Crippen LogP contribution in [0.25, 0.3) is 10.9 Å².